The van der Waals surface area contributed by atoms with Crippen LogP contribution in [-0.4, -0.2) is 48.6 Å². The number of hydrogen-bond acceptors (Lipinski definition) is 4. The van der Waals surface area contributed by atoms with E-state index >= 15 is 0 Å². The maximum absolute atomic E-state index is 5.68. The van der Waals surface area contributed by atoms with Gasteiger partial charge in [-0.25, -0.2) is 0 Å². The van der Waals surface area contributed by atoms with Crippen LogP contribution in [0.25, 0.3) is 0 Å². The van der Waals surface area contributed by atoms with E-state index in [1.165, 1.54) is 18.4 Å². The fourth-order valence-electron chi connectivity index (χ4n) is 3.31. The van der Waals surface area contributed by atoms with Gasteiger partial charge in [0.25, 0.3) is 0 Å². The summed E-state index contributed by atoms with van der Waals surface area (Å²) in [4.78, 5) is 11.5. The highest BCUT2D eigenvalue weighted by molar-refractivity contribution is 5.79. The van der Waals surface area contributed by atoms with Gasteiger partial charge in [-0.2, -0.15) is 0 Å². The van der Waals surface area contributed by atoms with E-state index in [9.17, 15) is 0 Å². The second-order valence-corrected chi connectivity index (χ2v) is 6.53. The maximum Gasteiger partial charge on any atom is 0.191 e. The molecule has 3 heterocycles. The highest BCUT2D eigenvalue weighted by Crippen LogP contribution is 2.25. The number of nitrogens with one attached hydrogen (secondary N) is 2. The first kappa shape index (κ1) is 18.5. The lowest BCUT2D eigenvalue weighted by Gasteiger charge is -2.24. The van der Waals surface area contributed by atoms with Crippen molar-refractivity contribution in [1.82, 2.24) is 20.5 Å². The molecule has 1 saturated heterocycles. The smallest absolute Gasteiger partial charge is 0.191 e. The summed E-state index contributed by atoms with van der Waals surface area (Å²) < 4.78 is 5.68. The summed E-state index contributed by atoms with van der Waals surface area (Å²) in [6, 6.07) is 8.29. The zero-order valence-electron chi connectivity index (χ0n) is 15.5. The summed E-state index contributed by atoms with van der Waals surface area (Å²) in [5.74, 6) is 1.86. The first-order valence-electron chi connectivity index (χ1n) is 9.55. The Balaban J connectivity index is 1.59. The zero-order chi connectivity index (χ0) is 18.0. The fourth-order valence-corrected chi connectivity index (χ4v) is 3.31. The lowest BCUT2D eigenvalue weighted by molar-refractivity contribution is 0.221. The second-order valence-electron chi connectivity index (χ2n) is 6.53. The topological polar surface area (TPSA) is 65.7 Å². The van der Waals surface area contributed by atoms with Crippen LogP contribution in [0.5, 0.6) is 0 Å². The molecule has 26 heavy (non-hydrogen) atoms. The van der Waals surface area contributed by atoms with Gasteiger partial charge in [0.05, 0.1) is 18.8 Å². The van der Waals surface area contributed by atoms with Crippen molar-refractivity contribution in [3.8, 4) is 0 Å². The van der Waals surface area contributed by atoms with Crippen molar-refractivity contribution >= 4 is 5.96 Å². The Kier molecular flexibility index (Phi) is 7.07. The van der Waals surface area contributed by atoms with Gasteiger partial charge in [-0.1, -0.05) is 6.07 Å². The molecule has 0 spiro atoms. The molecule has 2 aromatic rings. The molecular weight excluding hydrogens is 326 g/mol. The molecule has 1 atom stereocenters. The standard InChI is InChI=1S/C20H29N5O/c1-2-22-20(23-11-9-17-7-5-10-21-15-17)24-16-18(19-8-6-14-26-19)25-12-3-4-13-25/h5-8,10,14-15,18H,2-4,9,11-13,16H2,1H3,(H2,22,23,24). The monoisotopic (exact) mass is 355 g/mol. The molecule has 0 saturated carbocycles. The Labute approximate surface area is 155 Å². The number of nitrogens with zero attached hydrogens (tertiary/aromatic N) is 3. The summed E-state index contributed by atoms with van der Waals surface area (Å²) in [6.45, 7) is 6.68. The van der Waals surface area contributed by atoms with Crippen LogP contribution in [-0.2, 0) is 6.42 Å². The van der Waals surface area contributed by atoms with Crippen LogP contribution < -0.4 is 10.6 Å². The molecule has 140 valence electrons. The van der Waals surface area contributed by atoms with Crippen LogP contribution in [0.2, 0.25) is 0 Å². The first-order chi connectivity index (χ1) is 12.9. The molecule has 1 aliphatic heterocycles. The summed E-state index contributed by atoms with van der Waals surface area (Å²) in [5, 5.41) is 6.76. The van der Waals surface area contributed by atoms with Crippen molar-refractivity contribution in [2.45, 2.75) is 32.2 Å². The minimum absolute atomic E-state index is 0.210. The van der Waals surface area contributed by atoms with Gasteiger partial charge in [0, 0.05) is 25.5 Å². The van der Waals surface area contributed by atoms with Crippen LogP contribution in [0, 0.1) is 0 Å². The van der Waals surface area contributed by atoms with Gasteiger partial charge in [-0.3, -0.25) is 14.9 Å². The molecule has 0 amide bonds. The van der Waals surface area contributed by atoms with Crippen molar-refractivity contribution in [3.63, 3.8) is 0 Å². The van der Waals surface area contributed by atoms with Crippen LogP contribution in [0.1, 0.15) is 37.1 Å². The first-order valence-corrected chi connectivity index (χ1v) is 9.55. The van der Waals surface area contributed by atoms with E-state index in [4.69, 9.17) is 9.41 Å². The minimum atomic E-state index is 0.210. The third kappa shape index (κ3) is 5.33. The largest absolute Gasteiger partial charge is 0.468 e. The van der Waals surface area contributed by atoms with Crippen molar-refractivity contribution in [1.29, 1.82) is 0 Å². The molecule has 2 aromatic heterocycles. The van der Waals surface area contributed by atoms with Gasteiger partial charge in [0.2, 0.25) is 0 Å². The van der Waals surface area contributed by atoms with E-state index in [-0.39, 0.29) is 6.04 Å². The quantitative estimate of drug-likeness (QED) is 0.563. The van der Waals surface area contributed by atoms with Crippen molar-refractivity contribution in [3.05, 3.63) is 54.2 Å². The van der Waals surface area contributed by atoms with E-state index < -0.39 is 0 Å². The molecule has 1 aliphatic rings. The number of rotatable bonds is 8. The zero-order valence-corrected chi connectivity index (χ0v) is 15.5. The summed E-state index contributed by atoms with van der Waals surface area (Å²) in [5.41, 5.74) is 1.22. The molecule has 6 nitrogen and oxygen atoms in total. The molecule has 2 N–H and O–H groups in total. The molecule has 3 rings (SSSR count). The van der Waals surface area contributed by atoms with Crippen LogP contribution in [0.15, 0.2) is 52.3 Å². The van der Waals surface area contributed by atoms with Gasteiger partial charge >= 0.3 is 0 Å². The van der Waals surface area contributed by atoms with Crippen molar-refractivity contribution < 1.29 is 4.42 Å². The van der Waals surface area contributed by atoms with E-state index in [0.717, 1.165) is 44.3 Å². The Morgan fingerprint density at radius 2 is 2.15 bits per heavy atom. The highest BCUT2D eigenvalue weighted by atomic mass is 16.3. The fraction of sp³-hybridized carbons (Fsp3) is 0.500. The number of likely N-dealkylation sites (tertiary alicyclic amines) is 1. The summed E-state index contributed by atoms with van der Waals surface area (Å²) in [7, 11) is 0. The average molecular weight is 355 g/mol. The second kappa shape index (κ2) is 9.97. The Morgan fingerprint density at radius 1 is 1.27 bits per heavy atom. The molecule has 0 aliphatic carbocycles. The van der Waals surface area contributed by atoms with Crippen LogP contribution in [0.3, 0.4) is 0 Å². The van der Waals surface area contributed by atoms with Crippen molar-refractivity contribution in [2.24, 2.45) is 4.99 Å². The highest BCUT2D eigenvalue weighted by Gasteiger charge is 2.25. The molecule has 6 heteroatoms. The van der Waals surface area contributed by atoms with Crippen LogP contribution in [0.4, 0.5) is 0 Å². The molecule has 1 fully saturated rings. The summed E-state index contributed by atoms with van der Waals surface area (Å²) in [6.07, 6.45) is 8.89. The van der Waals surface area contributed by atoms with Crippen LogP contribution >= 0.6 is 0 Å². The molecule has 0 bridgehead atoms. The Morgan fingerprint density at radius 3 is 2.85 bits per heavy atom. The van der Waals surface area contributed by atoms with Gasteiger partial charge in [0.1, 0.15) is 5.76 Å². The lowest BCUT2D eigenvalue weighted by Crippen LogP contribution is -2.39. The average Bonchev–Trinajstić information content (AvgIpc) is 3.37. The number of aliphatic imine (C=N–C) groups is 1. The number of aromatic nitrogens is 1. The van der Waals surface area contributed by atoms with E-state index in [1.807, 2.05) is 18.3 Å². The Bertz CT molecular complexity index is 650. The van der Waals surface area contributed by atoms with E-state index in [2.05, 4.69) is 39.6 Å². The summed E-state index contributed by atoms with van der Waals surface area (Å²) >= 11 is 0. The SMILES string of the molecule is CCNC(=NCC(c1ccco1)N1CCCC1)NCCc1cccnc1. The number of hydrogen-bond donors (Lipinski definition) is 2. The normalized spacial score (nSPS) is 16.6. The van der Waals surface area contributed by atoms with Gasteiger partial charge in [-0.15, -0.1) is 0 Å². The third-order valence-electron chi connectivity index (χ3n) is 4.65. The Hall–Kier alpha value is -2.34. The maximum atomic E-state index is 5.68. The predicted octanol–water partition coefficient (Wildman–Crippen LogP) is 2.61. The molecule has 1 unspecified atom stereocenters. The predicted molar refractivity (Wildman–Crippen MR) is 104 cm³/mol. The molecule has 0 radical (unpaired) electrons. The van der Waals surface area contributed by atoms with E-state index in [0.29, 0.717) is 6.54 Å². The molecule has 0 aromatic carbocycles. The van der Waals surface area contributed by atoms with Crippen molar-refractivity contribution in [2.75, 3.05) is 32.7 Å². The minimum Gasteiger partial charge on any atom is -0.468 e. The number of guanidine groups is 1. The van der Waals surface area contributed by atoms with Gasteiger partial charge in [-0.05, 0) is 63.0 Å². The number of pyridine rings is 1. The third-order valence-corrected chi connectivity index (χ3v) is 4.65. The lowest BCUT2D eigenvalue weighted by atomic mass is 10.2. The molecular formula is C20H29N5O. The van der Waals surface area contributed by atoms with E-state index in [1.54, 1.807) is 12.5 Å². The van der Waals surface area contributed by atoms with Gasteiger partial charge < -0.3 is 15.1 Å². The number of furan rings is 1. The van der Waals surface area contributed by atoms with Gasteiger partial charge in [0.15, 0.2) is 5.96 Å².